The zero-order valence-corrected chi connectivity index (χ0v) is 17.8. The molecule has 3 unspecified atom stereocenters. The summed E-state index contributed by atoms with van der Waals surface area (Å²) >= 11 is 1.28. The lowest BCUT2D eigenvalue weighted by atomic mass is 9.67. The number of aryl methyl sites for hydroxylation is 1. The number of hydrogen-bond acceptors (Lipinski definition) is 5. The van der Waals surface area contributed by atoms with Crippen molar-refractivity contribution in [3.8, 4) is 0 Å². The van der Waals surface area contributed by atoms with Crippen LogP contribution in [0.3, 0.4) is 0 Å². The molecule has 1 fully saturated rings. The van der Waals surface area contributed by atoms with Crippen molar-refractivity contribution in [2.75, 3.05) is 7.11 Å². The lowest BCUT2D eigenvalue weighted by Crippen LogP contribution is -2.44. The number of nitrogens with one attached hydrogen (secondary N) is 2. The van der Waals surface area contributed by atoms with Crippen LogP contribution >= 0.6 is 11.3 Å². The van der Waals surface area contributed by atoms with Crippen molar-refractivity contribution in [2.45, 2.75) is 56.1 Å². The average molecular weight is 453 g/mol. The van der Waals surface area contributed by atoms with Crippen LogP contribution in [0.25, 0.3) is 5.57 Å². The number of halogens is 3. The van der Waals surface area contributed by atoms with Gasteiger partial charge in [-0.05, 0) is 49.3 Å². The molecule has 0 saturated heterocycles. The number of allylic oxidation sites excluding steroid dienone is 1. The third-order valence-corrected chi connectivity index (χ3v) is 8.26. The van der Waals surface area contributed by atoms with E-state index in [0.717, 1.165) is 4.88 Å². The predicted molar refractivity (Wildman–Crippen MR) is 110 cm³/mol. The van der Waals surface area contributed by atoms with Crippen LogP contribution in [0.5, 0.6) is 0 Å². The summed E-state index contributed by atoms with van der Waals surface area (Å²) in [6, 6.07) is 0.135. The Kier molecular flexibility index (Phi) is 4.45. The first-order valence-corrected chi connectivity index (χ1v) is 11.0. The molecule has 2 aromatic heterocycles. The first kappa shape index (κ1) is 20.7. The fourth-order valence-corrected chi connectivity index (χ4v) is 6.77. The number of ether oxygens (including phenoxy) is 1. The van der Waals surface area contributed by atoms with Crippen molar-refractivity contribution in [1.29, 1.82) is 0 Å². The Morgan fingerprint density at radius 1 is 1.26 bits per heavy atom. The second-order valence-electron chi connectivity index (χ2n) is 8.62. The number of aromatic amines is 2. The molecule has 10 heteroatoms. The van der Waals surface area contributed by atoms with Gasteiger partial charge >= 0.3 is 5.69 Å². The molecule has 3 aliphatic rings. The molecule has 0 spiro atoms. The van der Waals surface area contributed by atoms with Gasteiger partial charge in [0.2, 0.25) is 0 Å². The zero-order chi connectivity index (χ0) is 22.3. The molecule has 0 radical (unpaired) electrons. The van der Waals surface area contributed by atoms with E-state index < -0.39 is 40.6 Å². The molecule has 1 saturated carbocycles. The van der Waals surface area contributed by atoms with Crippen LogP contribution < -0.4 is 17.0 Å². The summed E-state index contributed by atoms with van der Waals surface area (Å²) in [5, 5.41) is 0. The van der Waals surface area contributed by atoms with E-state index in [1.54, 1.807) is 6.07 Å². The number of alkyl halides is 2. The summed E-state index contributed by atoms with van der Waals surface area (Å²) in [7, 11) is 1.40. The summed E-state index contributed by atoms with van der Waals surface area (Å²) in [5.41, 5.74) is 3.88. The minimum atomic E-state index is -3.03. The van der Waals surface area contributed by atoms with E-state index in [9.17, 15) is 18.4 Å². The number of methoxy groups -OCH3 is 1. The third-order valence-electron chi connectivity index (χ3n) is 6.90. The van der Waals surface area contributed by atoms with Gasteiger partial charge in [0.15, 0.2) is 0 Å². The van der Waals surface area contributed by atoms with E-state index in [-0.39, 0.29) is 35.6 Å². The van der Waals surface area contributed by atoms with Gasteiger partial charge in [-0.1, -0.05) is 0 Å². The minimum Gasteiger partial charge on any atom is -0.374 e. The molecule has 0 amide bonds. The Morgan fingerprint density at radius 3 is 2.61 bits per heavy atom. The third kappa shape index (κ3) is 2.71. The van der Waals surface area contributed by atoms with Crippen molar-refractivity contribution < 1.29 is 17.9 Å². The highest BCUT2D eigenvalue weighted by molar-refractivity contribution is 7.12. The van der Waals surface area contributed by atoms with Crippen LogP contribution in [0.2, 0.25) is 0 Å². The highest BCUT2D eigenvalue weighted by Crippen LogP contribution is 2.64. The molecule has 166 valence electrons. The summed E-state index contributed by atoms with van der Waals surface area (Å²) in [6.07, 6.45) is 0.262. The highest BCUT2D eigenvalue weighted by Gasteiger charge is 2.60. The molecule has 2 heterocycles. The molecule has 0 aliphatic heterocycles. The highest BCUT2D eigenvalue weighted by atomic mass is 32.1. The van der Waals surface area contributed by atoms with Crippen LogP contribution in [0.1, 0.15) is 64.9 Å². The van der Waals surface area contributed by atoms with Crippen LogP contribution in [-0.4, -0.2) is 23.0 Å². The first-order chi connectivity index (χ1) is 14.6. The predicted octanol–water partition coefficient (Wildman–Crippen LogP) is 3.46. The summed E-state index contributed by atoms with van der Waals surface area (Å²) in [6.45, 7) is 1.50. The molecule has 0 bridgehead atoms. The van der Waals surface area contributed by atoms with Crippen molar-refractivity contribution in [1.82, 2.24) is 9.97 Å². The van der Waals surface area contributed by atoms with E-state index in [1.807, 2.05) is 0 Å². The lowest BCUT2D eigenvalue weighted by molar-refractivity contribution is -0.0392. The van der Waals surface area contributed by atoms with Gasteiger partial charge in [-0.2, -0.15) is 0 Å². The van der Waals surface area contributed by atoms with Crippen LogP contribution in [-0.2, 0) is 16.6 Å². The summed E-state index contributed by atoms with van der Waals surface area (Å²) in [4.78, 5) is 30.6. The first-order valence-electron chi connectivity index (χ1n) is 10.2. The molecule has 0 aromatic carbocycles. The normalized spacial score (nSPS) is 29.6. The number of aromatic nitrogens is 2. The van der Waals surface area contributed by atoms with Gasteiger partial charge in [0, 0.05) is 23.3 Å². The minimum absolute atomic E-state index is 0.0461. The van der Waals surface area contributed by atoms with Gasteiger partial charge in [0.05, 0.1) is 22.7 Å². The van der Waals surface area contributed by atoms with E-state index in [1.165, 1.54) is 25.4 Å². The Bertz CT molecular complexity index is 1230. The maximum absolute atomic E-state index is 16.3. The second-order valence-corrected chi connectivity index (χ2v) is 9.76. The molecule has 2 aromatic rings. The Labute approximate surface area is 179 Å². The van der Waals surface area contributed by atoms with Gasteiger partial charge in [-0.3, -0.25) is 9.78 Å². The zero-order valence-electron chi connectivity index (χ0n) is 17.0. The lowest BCUT2D eigenvalue weighted by Gasteiger charge is -2.42. The number of rotatable bonds is 3. The molecular weight excluding hydrogens is 431 g/mol. The molecule has 5 rings (SSSR count). The number of thiophene rings is 1. The number of hydrogen-bond donors (Lipinski definition) is 3. The van der Waals surface area contributed by atoms with Gasteiger partial charge in [-0.15, -0.1) is 11.3 Å². The van der Waals surface area contributed by atoms with Gasteiger partial charge < -0.3 is 15.5 Å². The maximum atomic E-state index is 16.3. The van der Waals surface area contributed by atoms with E-state index >= 15 is 4.39 Å². The van der Waals surface area contributed by atoms with Gasteiger partial charge in [0.1, 0.15) is 11.9 Å². The summed E-state index contributed by atoms with van der Waals surface area (Å²) < 4.78 is 50.5. The van der Waals surface area contributed by atoms with Crippen LogP contribution in [0, 0.1) is 5.92 Å². The fourth-order valence-electron chi connectivity index (χ4n) is 5.28. The van der Waals surface area contributed by atoms with Gasteiger partial charge in [-0.25, -0.2) is 18.0 Å². The van der Waals surface area contributed by atoms with Crippen molar-refractivity contribution in [3.63, 3.8) is 0 Å². The molecule has 4 N–H and O–H groups in total. The number of H-pyrrole nitrogens is 2. The largest absolute Gasteiger partial charge is 0.374 e. The standard InChI is InChI=1S/C21H22F3N3O3S/c1-8-13-14(26-19(29)27-18(13)28)17(30-2)21(15(8)22,9-3-4-9)12-7-10-11(31-12)5-6-20(23,24)16(10)25/h7,9,16-17H,3-6,25H2,1-2H3,(H2,26,27,28,29). The van der Waals surface area contributed by atoms with E-state index in [0.29, 0.717) is 23.3 Å². The van der Waals surface area contributed by atoms with Crippen molar-refractivity contribution in [2.24, 2.45) is 11.7 Å². The van der Waals surface area contributed by atoms with E-state index in [4.69, 9.17) is 10.5 Å². The smallest absolute Gasteiger partial charge is 0.326 e. The van der Waals surface area contributed by atoms with Crippen LogP contribution in [0.15, 0.2) is 21.5 Å². The van der Waals surface area contributed by atoms with Gasteiger partial charge in [0.25, 0.3) is 11.5 Å². The fraction of sp³-hybridized carbons (Fsp3) is 0.524. The van der Waals surface area contributed by atoms with Crippen molar-refractivity contribution >= 4 is 16.9 Å². The molecule has 31 heavy (non-hydrogen) atoms. The number of nitrogens with two attached hydrogens (primary N) is 1. The molecular formula is C21H22F3N3O3S. The Hall–Kier alpha value is -2.17. The topological polar surface area (TPSA) is 101 Å². The second kappa shape index (κ2) is 6.66. The maximum Gasteiger partial charge on any atom is 0.326 e. The quantitative estimate of drug-likeness (QED) is 0.663. The van der Waals surface area contributed by atoms with E-state index in [2.05, 4.69) is 9.97 Å². The molecule has 3 atom stereocenters. The van der Waals surface area contributed by atoms with Crippen LogP contribution in [0.4, 0.5) is 13.2 Å². The SMILES string of the molecule is COC1c2[nH]c(=O)[nH]c(=O)c2C(C)=C(F)C1(c1cc2c(s1)CCC(F)(F)C2N)C1CC1. The Morgan fingerprint density at radius 2 is 1.97 bits per heavy atom. The monoisotopic (exact) mass is 453 g/mol. The average Bonchev–Trinajstić information content (AvgIpc) is 3.46. The Balaban J connectivity index is 1.79. The molecule has 6 nitrogen and oxygen atoms in total. The molecule has 3 aliphatic carbocycles. The summed E-state index contributed by atoms with van der Waals surface area (Å²) in [5.74, 6) is -3.70. The van der Waals surface area contributed by atoms with Crippen molar-refractivity contribution in [3.05, 3.63) is 59.3 Å². The number of fused-ring (bicyclic) bond motifs is 2.